The maximum absolute atomic E-state index is 13.3. The number of aryl methyl sites for hydroxylation is 3. The summed E-state index contributed by atoms with van der Waals surface area (Å²) in [5.74, 6) is -2.07. The molecule has 2 N–H and O–H groups in total. The van der Waals surface area contributed by atoms with Crippen molar-refractivity contribution in [3.8, 4) is 0 Å². The number of amides is 1. The Morgan fingerprint density at radius 2 is 1.79 bits per heavy atom. The molecule has 6 nitrogen and oxygen atoms in total. The number of nitrogens with zero attached hydrogens (tertiary/aromatic N) is 2. The zero-order valence-corrected chi connectivity index (χ0v) is 16.7. The third-order valence-corrected chi connectivity index (χ3v) is 6.71. The molecule has 0 saturated heterocycles. The summed E-state index contributed by atoms with van der Waals surface area (Å²) in [5.41, 5.74) is 5.44. The van der Waals surface area contributed by atoms with Gasteiger partial charge in [-0.15, -0.1) is 0 Å². The van der Waals surface area contributed by atoms with Crippen molar-refractivity contribution in [2.45, 2.75) is 64.8 Å². The molecule has 1 aromatic heterocycles. The molecule has 6 heteroatoms. The highest BCUT2D eigenvalue weighted by atomic mass is 16.4. The van der Waals surface area contributed by atoms with Crippen LogP contribution in [-0.4, -0.2) is 26.5 Å². The predicted molar refractivity (Wildman–Crippen MR) is 107 cm³/mol. The van der Waals surface area contributed by atoms with Crippen molar-refractivity contribution in [1.29, 1.82) is 0 Å². The molecule has 0 aliphatic heterocycles. The summed E-state index contributed by atoms with van der Waals surface area (Å²) < 4.78 is 1.58. The average molecular weight is 381 g/mol. The Labute approximate surface area is 165 Å². The average Bonchev–Trinajstić information content (AvgIpc) is 3.40. The van der Waals surface area contributed by atoms with Crippen LogP contribution < -0.4 is 5.32 Å². The minimum absolute atomic E-state index is 0.257. The number of carboxylic acids is 1. The van der Waals surface area contributed by atoms with E-state index in [0.717, 1.165) is 44.2 Å². The van der Waals surface area contributed by atoms with E-state index in [1.165, 1.54) is 28.6 Å². The number of carboxylic acid groups (broad SMARTS) is 1. The lowest BCUT2D eigenvalue weighted by Crippen LogP contribution is -2.49. The Hall–Kier alpha value is -2.63. The molecule has 0 bridgehead atoms. The monoisotopic (exact) mass is 381 g/mol. The number of nitrogens with one attached hydrogen (secondary N) is 1. The molecule has 1 heterocycles. The highest BCUT2D eigenvalue weighted by Crippen LogP contribution is 2.39. The molecule has 1 amide bonds. The van der Waals surface area contributed by atoms with Crippen LogP contribution in [-0.2, 0) is 40.8 Å². The molecule has 2 aliphatic rings. The first kappa shape index (κ1) is 18.7. The number of aromatic nitrogens is 2. The fourth-order valence-corrected chi connectivity index (χ4v) is 4.80. The van der Waals surface area contributed by atoms with Gasteiger partial charge in [-0.3, -0.25) is 4.79 Å². The number of anilines is 1. The molecule has 0 radical (unpaired) electrons. The molecular weight excluding hydrogens is 354 g/mol. The van der Waals surface area contributed by atoms with Crippen LogP contribution in [0.2, 0.25) is 0 Å². The van der Waals surface area contributed by atoms with E-state index in [1.54, 1.807) is 31.5 Å². The molecule has 0 saturated carbocycles. The fourth-order valence-electron chi connectivity index (χ4n) is 4.80. The summed E-state index contributed by atoms with van der Waals surface area (Å²) in [5, 5.41) is 13.1. The molecule has 148 valence electrons. The van der Waals surface area contributed by atoms with Gasteiger partial charge >= 0.3 is 5.97 Å². The number of carbonyl (C=O) groups excluding carboxylic acids is 1. The quantitative estimate of drug-likeness (QED) is 0.833. The van der Waals surface area contributed by atoms with Crippen molar-refractivity contribution in [3.63, 3.8) is 0 Å². The van der Waals surface area contributed by atoms with Crippen molar-refractivity contribution in [1.82, 2.24) is 9.55 Å². The topological polar surface area (TPSA) is 84.2 Å². The summed E-state index contributed by atoms with van der Waals surface area (Å²) >= 11 is 0. The third-order valence-electron chi connectivity index (χ3n) is 6.71. The second kappa shape index (κ2) is 6.76. The first-order valence-electron chi connectivity index (χ1n) is 10.0. The van der Waals surface area contributed by atoms with Gasteiger partial charge in [-0.05, 0) is 74.6 Å². The van der Waals surface area contributed by atoms with E-state index in [9.17, 15) is 14.7 Å². The zero-order valence-electron chi connectivity index (χ0n) is 16.7. The Balaban J connectivity index is 1.69. The molecule has 4 rings (SSSR count). The number of imidazole rings is 1. The van der Waals surface area contributed by atoms with E-state index in [1.807, 2.05) is 0 Å². The maximum atomic E-state index is 13.3. The number of rotatable bonds is 5. The Bertz CT molecular complexity index is 930. The van der Waals surface area contributed by atoms with E-state index in [-0.39, 0.29) is 5.91 Å². The highest BCUT2D eigenvalue weighted by Gasteiger charge is 2.45. The van der Waals surface area contributed by atoms with Crippen LogP contribution >= 0.6 is 0 Å². The Morgan fingerprint density at radius 3 is 2.29 bits per heavy atom. The minimum Gasteiger partial charge on any atom is -0.479 e. The van der Waals surface area contributed by atoms with Gasteiger partial charge in [0.15, 0.2) is 5.54 Å². The molecule has 2 unspecified atom stereocenters. The van der Waals surface area contributed by atoms with Gasteiger partial charge in [-0.2, -0.15) is 0 Å². The van der Waals surface area contributed by atoms with E-state index in [4.69, 9.17) is 0 Å². The van der Waals surface area contributed by atoms with Gasteiger partial charge in [0.2, 0.25) is 5.91 Å². The lowest BCUT2D eigenvalue weighted by atomic mass is 9.85. The first-order valence-corrected chi connectivity index (χ1v) is 10.0. The molecule has 2 aliphatic carbocycles. The number of carbonyl (C=O) groups is 2. The number of hydrogen-bond donors (Lipinski definition) is 2. The number of hydrogen-bond acceptors (Lipinski definition) is 3. The first-order chi connectivity index (χ1) is 13.3. The van der Waals surface area contributed by atoms with Gasteiger partial charge in [0.05, 0.1) is 12.2 Å². The van der Waals surface area contributed by atoms with Gasteiger partial charge in [0.1, 0.15) is 0 Å². The van der Waals surface area contributed by atoms with Crippen LogP contribution in [0.15, 0.2) is 18.6 Å². The van der Waals surface area contributed by atoms with Gasteiger partial charge < -0.3 is 15.0 Å². The van der Waals surface area contributed by atoms with Crippen molar-refractivity contribution >= 4 is 17.6 Å². The van der Waals surface area contributed by atoms with E-state index in [2.05, 4.69) is 16.4 Å². The van der Waals surface area contributed by atoms with Gasteiger partial charge in [-0.25, -0.2) is 9.78 Å². The van der Waals surface area contributed by atoms with Crippen LogP contribution in [0.1, 0.15) is 54.6 Å². The zero-order chi connectivity index (χ0) is 20.1. The van der Waals surface area contributed by atoms with Crippen molar-refractivity contribution in [2.75, 3.05) is 5.32 Å². The lowest BCUT2D eigenvalue weighted by molar-refractivity contribution is -0.152. The smallest absolute Gasteiger partial charge is 0.330 e. The second-order valence-corrected chi connectivity index (χ2v) is 8.30. The molecular formula is C22H27N3O3. The fraction of sp³-hybridized carbons (Fsp3) is 0.500. The molecule has 0 spiro atoms. The molecule has 1 aromatic carbocycles. The number of benzene rings is 1. The van der Waals surface area contributed by atoms with E-state index in [0.29, 0.717) is 5.69 Å². The van der Waals surface area contributed by atoms with E-state index < -0.39 is 17.4 Å². The molecule has 2 atom stereocenters. The largest absolute Gasteiger partial charge is 0.479 e. The van der Waals surface area contributed by atoms with Crippen LogP contribution in [0.25, 0.3) is 0 Å². The third kappa shape index (κ3) is 2.74. The van der Waals surface area contributed by atoms with E-state index >= 15 is 0 Å². The summed E-state index contributed by atoms with van der Waals surface area (Å²) in [7, 11) is 0. The molecule has 2 aromatic rings. The summed E-state index contributed by atoms with van der Waals surface area (Å²) in [6.07, 6.45) is 9.39. The van der Waals surface area contributed by atoms with Gasteiger partial charge in [0, 0.05) is 17.6 Å². The number of fused-ring (bicyclic) bond motifs is 2. The standard InChI is InChI=1S/C22H27N3O3/c1-13-11-23-12-25(13)22(3,21(27)28)14(2)20(26)24-19-17-8-4-6-15(17)10-16-7-5-9-18(16)19/h10-12,14H,4-9H2,1-3H3,(H,24,26)(H,27,28). The van der Waals surface area contributed by atoms with Crippen LogP contribution in [0.4, 0.5) is 5.69 Å². The summed E-state index contributed by atoms with van der Waals surface area (Å²) in [6, 6.07) is 2.32. The predicted octanol–water partition coefficient (Wildman–Crippen LogP) is 3.24. The molecule has 0 fully saturated rings. The lowest BCUT2D eigenvalue weighted by Gasteiger charge is -2.33. The van der Waals surface area contributed by atoms with Gasteiger partial charge in [0.25, 0.3) is 0 Å². The Kier molecular flexibility index (Phi) is 4.52. The number of aliphatic carboxylic acids is 1. The summed E-state index contributed by atoms with van der Waals surface area (Å²) in [6.45, 7) is 5.08. The highest BCUT2D eigenvalue weighted by molar-refractivity contribution is 5.98. The molecule has 28 heavy (non-hydrogen) atoms. The van der Waals surface area contributed by atoms with Crippen molar-refractivity contribution in [3.05, 3.63) is 46.5 Å². The Morgan fingerprint density at radius 1 is 1.18 bits per heavy atom. The van der Waals surface area contributed by atoms with Crippen LogP contribution in [0.3, 0.4) is 0 Å². The van der Waals surface area contributed by atoms with Crippen LogP contribution in [0, 0.1) is 12.8 Å². The SMILES string of the molecule is Cc1cncn1C(C)(C(=O)O)C(C)C(=O)Nc1c2c(cc3c1CCC3)CCC2. The summed E-state index contributed by atoms with van der Waals surface area (Å²) in [4.78, 5) is 29.5. The second-order valence-electron chi connectivity index (χ2n) is 8.30. The van der Waals surface area contributed by atoms with Crippen molar-refractivity contribution in [2.24, 2.45) is 5.92 Å². The maximum Gasteiger partial charge on any atom is 0.330 e. The normalized spacial score (nSPS) is 18.2. The minimum atomic E-state index is -1.41. The van der Waals surface area contributed by atoms with Gasteiger partial charge in [-0.1, -0.05) is 13.0 Å². The van der Waals surface area contributed by atoms with Crippen LogP contribution in [0.5, 0.6) is 0 Å². The van der Waals surface area contributed by atoms with Crippen molar-refractivity contribution < 1.29 is 14.7 Å².